The molecule has 0 aliphatic carbocycles. The van der Waals surface area contributed by atoms with Gasteiger partial charge in [0.1, 0.15) is 5.75 Å². The van der Waals surface area contributed by atoms with Gasteiger partial charge in [-0.2, -0.15) is 13.2 Å². The second kappa shape index (κ2) is 6.56. The topological polar surface area (TPSA) is 52.3 Å². The Hall–Kier alpha value is -0.830. The number of ether oxygens (including phenoxy) is 1. The SMILES string of the molecule is COc1ccc(I)c(C(N)CCC(=O)C(F)(F)F)c1. The summed E-state index contributed by atoms with van der Waals surface area (Å²) in [6, 6.07) is 4.54. The lowest BCUT2D eigenvalue weighted by Crippen LogP contribution is -2.24. The molecule has 106 valence electrons. The number of methoxy groups -OCH3 is 1. The summed E-state index contributed by atoms with van der Waals surface area (Å²) in [4.78, 5) is 10.8. The van der Waals surface area contributed by atoms with Crippen molar-refractivity contribution < 1.29 is 22.7 Å². The summed E-state index contributed by atoms with van der Waals surface area (Å²) in [7, 11) is 1.49. The van der Waals surface area contributed by atoms with Crippen LogP contribution in [-0.2, 0) is 4.79 Å². The Morgan fingerprint density at radius 1 is 1.47 bits per heavy atom. The number of hydrogen-bond donors (Lipinski definition) is 1. The number of carbonyl (C=O) groups is 1. The van der Waals surface area contributed by atoms with E-state index in [-0.39, 0.29) is 6.42 Å². The minimum Gasteiger partial charge on any atom is -0.497 e. The summed E-state index contributed by atoms with van der Waals surface area (Å²) < 4.78 is 42.1. The maximum Gasteiger partial charge on any atom is 0.449 e. The van der Waals surface area contributed by atoms with E-state index in [2.05, 4.69) is 0 Å². The molecule has 1 rings (SSSR count). The van der Waals surface area contributed by atoms with Crippen LogP contribution in [0.2, 0.25) is 0 Å². The second-order valence-corrected chi connectivity index (χ2v) is 5.12. The molecule has 0 saturated heterocycles. The third-order valence-electron chi connectivity index (χ3n) is 2.60. The molecule has 0 heterocycles. The molecule has 0 bridgehead atoms. The zero-order valence-corrected chi connectivity index (χ0v) is 12.3. The number of carbonyl (C=O) groups excluding carboxylic acids is 1. The molecule has 1 aromatic rings. The fraction of sp³-hybridized carbons (Fsp3) is 0.417. The predicted octanol–water partition coefficient (Wildman–Crippen LogP) is 3.21. The van der Waals surface area contributed by atoms with Gasteiger partial charge in [-0.3, -0.25) is 4.79 Å². The first kappa shape index (κ1) is 16.2. The maximum atomic E-state index is 12.1. The van der Waals surface area contributed by atoms with Crippen molar-refractivity contribution in [3.8, 4) is 5.75 Å². The first-order valence-corrected chi connectivity index (χ1v) is 6.52. The highest BCUT2D eigenvalue weighted by Gasteiger charge is 2.37. The fourth-order valence-corrected chi connectivity index (χ4v) is 2.25. The number of benzene rings is 1. The minimum absolute atomic E-state index is 0.0541. The summed E-state index contributed by atoms with van der Waals surface area (Å²) in [5.41, 5.74) is 6.51. The molecule has 0 aromatic heterocycles. The van der Waals surface area contributed by atoms with Crippen molar-refractivity contribution in [1.82, 2.24) is 0 Å². The lowest BCUT2D eigenvalue weighted by molar-refractivity contribution is -0.171. The first-order valence-electron chi connectivity index (χ1n) is 5.44. The molecule has 1 atom stereocenters. The van der Waals surface area contributed by atoms with Gasteiger partial charge in [0.05, 0.1) is 7.11 Å². The molecule has 2 N–H and O–H groups in total. The molecule has 0 aliphatic rings. The smallest absolute Gasteiger partial charge is 0.449 e. The van der Waals surface area contributed by atoms with Crippen molar-refractivity contribution in [2.75, 3.05) is 7.11 Å². The third-order valence-corrected chi connectivity index (χ3v) is 3.58. The van der Waals surface area contributed by atoms with Crippen molar-refractivity contribution in [3.05, 3.63) is 27.3 Å². The lowest BCUT2D eigenvalue weighted by Gasteiger charge is -2.15. The van der Waals surface area contributed by atoms with Gasteiger partial charge in [-0.25, -0.2) is 0 Å². The Balaban J connectivity index is 2.73. The van der Waals surface area contributed by atoms with Gasteiger partial charge in [0, 0.05) is 16.0 Å². The van der Waals surface area contributed by atoms with Gasteiger partial charge in [0.2, 0.25) is 5.78 Å². The first-order chi connectivity index (χ1) is 8.75. The van der Waals surface area contributed by atoms with Gasteiger partial charge < -0.3 is 10.5 Å². The zero-order chi connectivity index (χ0) is 14.6. The number of Topliss-reactive ketones (excluding diaryl/α,β-unsaturated/α-hetero) is 1. The Kier molecular flexibility index (Phi) is 5.60. The quantitative estimate of drug-likeness (QED) is 0.790. The maximum absolute atomic E-state index is 12.1. The highest BCUT2D eigenvalue weighted by molar-refractivity contribution is 14.1. The Morgan fingerprint density at radius 3 is 2.63 bits per heavy atom. The Morgan fingerprint density at radius 2 is 2.11 bits per heavy atom. The number of rotatable bonds is 5. The molecule has 3 nitrogen and oxygen atoms in total. The zero-order valence-electron chi connectivity index (χ0n) is 10.1. The highest BCUT2D eigenvalue weighted by atomic mass is 127. The molecular formula is C12H13F3INO2. The van der Waals surface area contributed by atoms with Crippen LogP contribution >= 0.6 is 22.6 Å². The number of alkyl halides is 3. The van der Waals surface area contributed by atoms with Crippen molar-refractivity contribution in [3.63, 3.8) is 0 Å². The van der Waals surface area contributed by atoms with Crippen molar-refractivity contribution >= 4 is 28.4 Å². The van der Waals surface area contributed by atoms with Gasteiger partial charge in [0.25, 0.3) is 0 Å². The Labute approximate surface area is 122 Å². The van der Waals surface area contributed by atoms with Crippen LogP contribution in [-0.4, -0.2) is 19.1 Å². The molecule has 0 amide bonds. The van der Waals surface area contributed by atoms with E-state index in [4.69, 9.17) is 10.5 Å². The normalized spacial score (nSPS) is 13.2. The lowest BCUT2D eigenvalue weighted by atomic mass is 10.0. The van der Waals surface area contributed by atoms with Crippen molar-refractivity contribution in [2.24, 2.45) is 5.73 Å². The monoisotopic (exact) mass is 387 g/mol. The number of ketones is 1. The van der Waals surface area contributed by atoms with E-state index in [0.717, 1.165) is 3.57 Å². The molecule has 1 unspecified atom stereocenters. The van der Waals surface area contributed by atoms with Crippen LogP contribution in [0.15, 0.2) is 18.2 Å². The Bertz CT molecular complexity index is 463. The van der Waals surface area contributed by atoms with Crippen LogP contribution in [0, 0.1) is 3.57 Å². The van der Waals surface area contributed by atoms with Crippen molar-refractivity contribution in [1.29, 1.82) is 0 Å². The number of nitrogens with two attached hydrogens (primary N) is 1. The van der Waals surface area contributed by atoms with E-state index in [1.165, 1.54) is 7.11 Å². The predicted molar refractivity (Wildman–Crippen MR) is 72.9 cm³/mol. The molecule has 7 heteroatoms. The largest absolute Gasteiger partial charge is 0.497 e. The van der Waals surface area contributed by atoms with Gasteiger partial charge >= 0.3 is 6.18 Å². The van der Waals surface area contributed by atoms with E-state index in [1.807, 2.05) is 22.6 Å². The van der Waals surface area contributed by atoms with E-state index in [1.54, 1.807) is 18.2 Å². The third kappa shape index (κ3) is 4.64. The van der Waals surface area contributed by atoms with Crippen LogP contribution in [0.3, 0.4) is 0 Å². The molecule has 0 saturated carbocycles. The van der Waals surface area contributed by atoms with E-state index in [9.17, 15) is 18.0 Å². The van der Waals surface area contributed by atoms with E-state index >= 15 is 0 Å². The van der Waals surface area contributed by atoms with Crippen LogP contribution in [0.5, 0.6) is 5.75 Å². The molecular weight excluding hydrogens is 374 g/mol. The average molecular weight is 387 g/mol. The van der Waals surface area contributed by atoms with Gasteiger partial charge in [0.15, 0.2) is 0 Å². The standard InChI is InChI=1S/C12H13F3INO2/c1-19-7-2-3-9(16)8(6-7)10(17)4-5-11(18)12(13,14)15/h2-3,6,10H,4-5,17H2,1H3. The van der Waals surface area contributed by atoms with E-state index < -0.39 is 24.4 Å². The number of halogens is 4. The summed E-state index contributed by atoms with van der Waals surface area (Å²) in [5, 5.41) is 0. The fourth-order valence-electron chi connectivity index (χ4n) is 1.52. The van der Waals surface area contributed by atoms with Crippen LogP contribution in [0.1, 0.15) is 24.4 Å². The number of hydrogen-bond acceptors (Lipinski definition) is 3. The van der Waals surface area contributed by atoms with Crippen LogP contribution < -0.4 is 10.5 Å². The summed E-state index contributed by atoms with van der Waals surface area (Å²) in [6.07, 6.45) is -5.46. The molecule has 0 radical (unpaired) electrons. The minimum atomic E-state index is -4.79. The van der Waals surface area contributed by atoms with E-state index in [0.29, 0.717) is 11.3 Å². The molecule has 1 aromatic carbocycles. The summed E-state index contributed by atoms with van der Waals surface area (Å²) >= 11 is 2.04. The van der Waals surface area contributed by atoms with Gasteiger partial charge in [-0.05, 0) is 52.8 Å². The molecule has 0 aliphatic heterocycles. The summed E-state index contributed by atoms with van der Waals surface area (Å²) in [5.74, 6) is -1.17. The van der Waals surface area contributed by atoms with Gasteiger partial charge in [-0.1, -0.05) is 0 Å². The highest BCUT2D eigenvalue weighted by Crippen LogP contribution is 2.27. The molecule has 0 spiro atoms. The average Bonchev–Trinajstić information content (AvgIpc) is 2.34. The molecule has 19 heavy (non-hydrogen) atoms. The second-order valence-electron chi connectivity index (χ2n) is 3.95. The van der Waals surface area contributed by atoms with Gasteiger partial charge in [-0.15, -0.1) is 0 Å². The van der Waals surface area contributed by atoms with Crippen LogP contribution in [0.25, 0.3) is 0 Å². The molecule has 0 fully saturated rings. The van der Waals surface area contributed by atoms with Crippen molar-refractivity contribution in [2.45, 2.75) is 25.1 Å². The van der Waals surface area contributed by atoms with Crippen LogP contribution in [0.4, 0.5) is 13.2 Å². The summed E-state index contributed by atoms with van der Waals surface area (Å²) in [6.45, 7) is 0.